The van der Waals surface area contributed by atoms with Gasteiger partial charge >= 0.3 is 0 Å². The maximum atomic E-state index is 12.2. The minimum atomic E-state index is -2.97. The van der Waals surface area contributed by atoms with Crippen molar-refractivity contribution in [2.45, 2.75) is 17.5 Å². The quantitative estimate of drug-likeness (QED) is 0.580. The number of hydrogen-bond acceptors (Lipinski definition) is 6. The molecular weight excluding hydrogens is 370 g/mol. The summed E-state index contributed by atoms with van der Waals surface area (Å²) in [7, 11) is -1.17. The Balaban J connectivity index is 1.68. The predicted octanol–water partition coefficient (Wildman–Crippen LogP) is 2.35. The molecule has 0 spiro atoms. The highest BCUT2D eigenvalue weighted by Crippen LogP contribution is 2.29. The molecule has 0 aliphatic carbocycles. The van der Waals surface area contributed by atoms with E-state index >= 15 is 0 Å². The maximum Gasteiger partial charge on any atom is 0.191 e. The molecule has 1 saturated heterocycles. The van der Waals surface area contributed by atoms with Crippen LogP contribution in [-0.2, 0) is 16.9 Å². The number of halogens is 1. The van der Waals surface area contributed by atoms with Crippen LogP contribution in [0.3, 0.4) is 0 Å². The second-order valence-electron chi connectivity index (χ2n) is 5.72. The molecular formula is C15H16ClN3O3S2. The number of sulfone groups is 1. The van der Waals surface area contributed by atoms with Crippen LogP contribution in [0.5, 0.6) is 0 Å². The van der Waals surface area contributed by atoms with Crippen molar-refractivity contribution < 1.29 is 13.2 Å². The van der Waals surface area contributed by atoms with Crippen LogP contribution < -0.4 is 0 Å². The molecule has 1 fully saturated rings. The van der Waals surface area contributed by atoms with E-state index in [1.807, 2.05) is 0 Å². The Bertz CT molecular complexity index is 880. The van der Waals surface area contributed by atoms with Gasteiger partial charge in [-0.05, 0) is 18.6 Å². The first-order valence-electron chi connectivity index (χ1n) is 7.37. The normalized spacial score (nSPS) is 19.5. The van der Waals surface area contributed by atoms with Gasteiger partial charge in [-0.1, -0.05) is 35.5 Å². The second kappa shape index (κ2) is 6.85. The Kier molecular flexibility index (Phi) is 4.98. The maximum absolute atomic E-state index is 12.2. The highest BCUT2D eigenvalue weighted by molar-refractivity contribution is 7.99. The van der Waals surface area contributed by atoms with E-state index in [4.69, 9.17) is 11.6 Å². The summed E-state index contributed by atoms with van der Waals surface area (Å²) >= 11 is 7.18. The number of aromatic nitrogens is 3. The van der Waals surface area contributed by atoms with Crippen molar-refractivity contribution >= 4 is 39.0 Å². The zero-order chi connectivity index (χ0) is 17.3. The fourth-order valence-electron chi connectivity index (χ4n) is 2.68. The van der Waals surface area contributed by atoms with Crippen LogP contribution in [0, 0.1) is 0 Å². The van der Waals surface area contributed by atoms with Gasteiger partial charge in [0.1, 0.15) is 5.82 Å². The third-order valence-corrected chi connectivity index (χ3v) is 6.97. The Morgan fingerprint density at radius 3 is 2.88 bits per heavy atom. The van der Waals surface area contributed by atoms with E-state index < -0.39 is 9.84 Å². The Morgan fingerprint density at radius 1 is 1.42 bits per heavy atom. The summed E-state index contributed by atoms with van der Waals surface area (Å²) in [6.07, 6.45) is 0.570. The van der Waals surface area contributed by atoms with Gasteiger partial charge in [0, 0.05) is 23.6 Å². The SMILES string of the molecule is Cn1c(SCC(=O)c2cccc(Cl)c2)nnc1[C@H]1CCS(=O)(=O)C1. The van der Waals surface area contributed by atoms with E-state index in [9.17, 15) is 13.2 Å². The Hall–Kier alpha value is -1.38. The van der Waals surface area contributed by atoms with Crippen molar-refractivity contribution in [3.05, 3.63) is 40.7 Å². The molecule has 0 saturated carbocycles. The lowest BCUT2D eigenvalue weighted by Crippen LogP contribution is -2.09. The molecule has 128 valence electrons. The van der Waals surface area contributed by atoms with Crippen LogP contribution >= 0.6 is 23.4 Å². The number of carbonyl (C=O) groups is 1. The van der Waals surface area contributed by atoms with E-state index in [2.05, 4.69) is 10.2 Å². The molecule has 0 amide bonds. The van der Waals surface area contributed by atoms with Gasteiger partial charge in [-0.2, -0.15) is 0 Å². The lowest BCUT2D eigenvalue weighted by atomic mass is 10.1. The molecule has 1 aromatic carbocycles. The number of hydrogen-bond donors (Lipinski definition) is 0. The molecule has 1 aliphatic rings. The topological polar surface area (TPSA) is 81.9 Å². The molecule has 0 N–H and O–H groups in total. The molecule has 3 rings (SSSR count). The van der Waals surface area contributed by atoms with Gasteiger partial charge in [-0.25, -0.2) is 8.42 Å². The molecule has 0 bridgehead atoms. The van der Waals surface area contributed by atoms with E-state index in [-0.39, 0.29) is 29.0 Å². The average Bonchev–Trinajstić information content (AvgIpc) is 3.07. The van der Waals surface area contributed by atoms with Crippen molar-refractivity contribution in [1.82, 2.24) is 14.8 Å². The van der Waals surface area contributed by atoms with Crippen LogP contribution in [0.2, 0.25) is 5.02 Å². The molecule has 6 nitrogen and oxygen atoms in total. The number of benzene rings is 1. The van der Waals surface area contributed by atoms with Gasteiger partial charge < -0.3 is 4.57 Å². The van der Waals surface area contributed by atoms with Crippen molar-refractivity contribution in [2.75, 3.05) is 17.3 Å². The van der Waals surface area contributed by atoms with Crippen LogP contribution in [0.15, 0.2) is 29.4 Å². The zero-order valence-corrected chi connectivity index (χ0v) is 15.4. The van der Waals surface area contributed by atoms with Gasteiger partial charge in [-0.3, -0.25) is 4.79 Å². The Labute approximate surface area is 149 Å². The van der Waals surface area contributed by atoms with E-state index in [0.717, 1.165) is 0 Å². The van der Waals surface area contributed by atoms with Crippen molar-refractivity contribution in [3.63, 3.8) is 0 Å². The van der Waals surface area contributed by atoms with Gasteiger partial charge in [0.15, 0.2) is 20.8 Å². The summed E-state index contributed by atoms with van der Waals surface area (Å²) in [5, 5.41) is 9.34. The lowest BCUT2D eigenvalue weighted by molar-refractivity contribution is 0.102. The zero-order valence-electron chi connectivity index (χ0n) is 13.0. The van der Waals surface area contributed by atoms with Gasteiger partial charge in [0.05, 0.1) is 17.3 Å². The minimum absolute atomic E-state index is 0.0458. The van der Waals surface area contributed by atoms with Crippen molar-refractivity contribution in [3.8, 4) is 0 Å². The predicted molar refractivity (Wildman–Crippen MR) is 93.5 cm³/mol. The smallest absolute Gasteiger partial charge is 0.191 e. The number of ketones is 1. The number of rotatable bonds is 5. The number of carbonyl (C=O) groups excluding carboxylic acids is 1. The van der Waals surface area contributed by atoms with Crippen LogP contribution in [0.25, 0.3) is 0 Å². The third-order valence-electron chi connectivity index (χ3n) is 3.95. The first-order valence-corrected chi connectivity index (χ1v) is 10.6. The van der Waals surface area contributed by atoms with Crippen molar-refractivity contribution in [2.24, 2.45) is 7.05 Å². The molecule has 1 atom stereocenters. The van der Waals surface area contributed by atoms with E-state index in [1.54, 1.807) is 35.9 Å². The first kappa shape index (κ1) is 17.4. The summed E-state index contributed by atoms with van der Waals surface area (Å²) < 4.78 is 25.0. The molecule has 0 unspecified atom stereocenters. The molecule has 2 aromatic rings. The fourth-order valence-corrected chi connectivity index (χ4v) is 5.42. The molecule has 1 aromatic heterocycles. The largest absolute Gasteiger partial charge is 0.309 e. The molecule has 2 heterocycles. The van der Waals surface area contributed by atoms with Crippen LogP contribution in [0.4, 0.5) is 0 Å². The third kappa shape index (κ3) is 3.81. The Morgan fingerprint density at radius 2 is 2.21 bits per heavy atom. The summed E-state index contributed by atoms with van der Waals surface area (Å²) in [6, 6.07) is 6.81. The highest BCUT2D eigenvalue weighted by atomic mass is 35.5. The van der Waals surface area contributed by atoms with E-state index in [0.29, 0.717) is 28.0 Å². The minimum Gasteiger partial charge on any atom is -0.309 e. The summed E-state index contributed by atoms with van der Waals surface area (Å²) in [6.45, 7) is 0. The standard InChI is InChI=1S/C15H16ClN3O3S2/c1-19-14(11-5-6-24(21,22)9-11)17-18-15(19)23-8-13(20)10-3-2-4-12(16)7-10/h2-4,7,11H,5-6,8-9H2,1H3/t11-/m0/s1. The summed E-state index contributed by atoms with van der Waals surface area (Å²) in [4.78, 5) is 12.2. The highest BCUT2D eigenvalue weighted by Gasteiger charge is 2.32. The second-order valence-corrected chi connectivity index (χ2v) is 9.33. The fraction of sp³-hybridized carbons (Fsp3) is 0.400. The van der Waals surface area contributed by atoms with Gasteiger partial charge in [0.25, 0.3) is 0 Å². The van der Waals surface area contributed by atoms with Gasteiger partial charge in [0.2, 0.25) is 0 Å². The summed E-state index contributed by atoms with van der Waals surface area (Å²) in [5.41, 5.74) is 0.555. The first-order chi connectivity index (χ1) is 11.4. The van der Waals surface area contributed by atoms with Crippen LogP contribution in [0.1, 0.15) is 28.5 Å². The molecule has 0 radical (unpaired) electrons. The number of nitrogens with zero attached hydrogens (tertiary/aromatic N) is 3. The molecule has 9 heteroatoms. The molecule has 1 aliphatic heterocycles. The number of thioether (sulfide) groups is 1. The summed E-state index contributed by atoms with van der Waals surface area (Å²) in [5.74, 6) is 1.02. The van der Waals surface area contributed by atoms with Crippen molar-refractivity contribution in [1.29, 1.82) is 0 Å². The lowest BCUT2D eigenvalue weighted by Gasteiger charge is -2.07. The van der Waals surface area contributed by atoms with Crippen LogP contribution in [-0.4, -0.2) is 46.2 Å². The molecule has 24 heavy (non-hydrogen) atoms. The van der Waals surface area contributed by atoms with Gasteiger partial charge in [-0.15, -0.1) is 10.2 Å². The monoisotopic (exact) mass is 385 g/mol. The average molecular weight is 386 g/mol. The number of Topliss-reactive ketones (excluding diaryl/α,β-unsaturated/α-hetero) is 1. The van der Waals surface area contributed by atoms with E-state index in [1.165, 1.54) is 11.8 Å².